The highest BCUT2D eigenvalue weighted by atomic mass is 14.9. The lowest BCUT2D eigenvalue weighted by Crippen LogP contribution is -2.50. The number of fused-ring (bicyclic) bond motifs is 23. The smallest absolute Gasteiger partial charge is 0.0995 e. The Balaban J connectivity index is 1.27. The Hall–Kier alpha value is -7.02. The van der Waals surface area contributed by atoms with E-state index in [1.807, 2.05) is 0 Å². The molecule has 1 spiro atoms. The van der Waals surface area contributed by atoms with Crippen LogP contribution in [0.5, 0.6) is 0 Å². The third kappa shape index (κ3) is 4.21. The van der Waals surface area contributed by atoms with Crippen LogP contribution >= 0.6 is 0 Å². The maximum absolute atomic E-state index is 11.4. The normalized spacial score (nSPS) is 18.9. The molecule has 0 unspecified atom stereocenters. The van der Waals surface area contributed by atoms with Crippen LogP contribution in [0.1, 0.15) is 157 Å². The Morgan fingerprint density at radius 2 is 0.930 bits per heavy atom. The molecule has 71 heavy (non-hydrogen) atoms. The summed E-state index contributed by atoms with van der Waals surface area (Å²) in [5.74, 6) is 0. The molecule has 0 amide bonds. The van der Waals surface area contributed by atoms with E-state index < -0.39 is 5.41 Å². The predicted molar refractivity (Wildman–Crippen MR) is 294 cm³/mol. The van der Waals surface area contributed by atoms with Gasteiger partial charge in [0, 0.05) is 43.4 Å². The largest absolute Gasteiger partial charge is 0.306 e. The Labute approximate surface area is 417 Å². The molecule has 3 aromatic heterocycles. The molecule has 3 heterocycles. The Morgan fingerprint density at radius 1 is 0.465 bits per heavy atom. The quantitative estimate of drug-likeness (QED) is 0.152. The van der Waals surface area contributed by atoms with E-state index in [0.29, 0.717) is 0 Å². The van der Waals surface area contributed by atoms with Crippen molar-refractivity contribution in [3.63, 3.8) is 0 Å². The van der Waals surface area contributed by atoms with Crippen LogP contribution in [-0.2, 0) is 37.9 Å². The van der Waals surface area contributed by atoms with Crippen molar-refractivity contribution in [2.75, 3.05) is 0 Å². The summed E-state index contributed by atoms with van der Waals surface area (Å²) in [4.78, 5) is 5.87. The molecule has 0 saturated heterocycles. The van der Waals surface area contributed by atoms with Crippen molar-refractivity contribution < 1.29 is 0 Å². The van der Waals surface area contributed by atoms with Crippen molar-refractivity contribution >= 4 is 38.1 Å². The molecule has 5 aliphatic carbocycles. The van der Waals surface area contributed by atoms with E-state index in [0.717, 1.165) is 27.9 Å². The number of benzene rings is 7. The van der Waals surface area contributed by atoms with Gasteiger partial charge in [0.1, 0.15) is 0 Å². The van der Waals surface area contributed by atoms with Crippen molar-refractivity contribution in [3.8, 4) is 50.6 Å². The zero-order valence-electron chi connectivity index (χ0n) is 43.4. The summed E-state index contributed by atoms with van der Waals surface area (Å²) in [6, 6.07) is 46.6. The topological polar surface area (TPSA) is 41.1 Å². The monoisotopic (exact) mass is 917 g/mol. The fourth-order valence-electron chi connectivity index (χ4n) is 15.8. The van der Waals surface area contributed by atoms with E-state index in [-0.39, 0.29) is 32.5 Å². The van der Waals surface area contributed by atoms with Crippen LogP contribution in [0.4, 0.5) is 0 Å². The molecule has 5 aliphatic rings. The van der Waals surface area contributed by atoms with Crippen molar-refractivity contribution in [1.29, 1.82) is 5.26 Å². The number of aromatic nitrogens is 2. The van der Waals surface area contributed by atoms with Crippen molar-refractivity contribution in [3.05, 3.63) is 188 Å². The highest BCUT2D eigenvalue weighted by molar-refractivity contribution is 6.33. The minimum absolute atomic E-state index is 0.0372. The van der Waals surface area contributed by atoms with Crippen LogP contribution in [0.15, 0.2) is 121 Å². The molecule has 10 aromatic rings. The Bertz CT molecular complexity index is 4180. The molecule has 0 saturated carbocycles. The molecular weight excluding hydrogens is 859 g/mol. The van der Waals surface area contributed by atoms with Gasteiger partial charge in [-0.2, -0.15) is 5.26 Å². The Kier molecular flexibility index (Phi) is 7.16. The van der Waals surface area contributed by atoms with Gasteiger partial charge >= 0.3 is 0 Å². The molecular formula is C68H59N3. The molecule has 0 radical (unpaired) electrons. The lowest BCUT2D eigenvalue weighted by Gasteiger charge is -2.57. The average Bonchev–Trinajstić information content (AvgIpc) is 4.11. The predicted octanol–water partition coefficient (Wildman–Crippen LogP) is 16.9. The molecule has 0 N–H and O–H groups in total. The van der Waals surface area contributed by atoms with Crippen molar-refractivity contribution in [2.45, 2.75) is 128 Å². The molecule has 0 aliphatic heterocycles. The number of pyridine rings is 1. The lowest BCUT2D eigenvalue weighted by atomic mass is 9.46. The van der Waals surface area contributed by atoms with Crippen LogP contribution < -0.4 is 0 Å². The third-order valence-electron chi connectivity index (χ3n) is 20.5. The first-order valence-electron chi connectivity index (χ1n) is 26.0. The lowest BCUT2D eigenvalue weighted by molar-refractivity contribution is 0.278. The molecule has 7 aromatic carbocycles. The number of nitriles is 1. The highest BCUT2D eigenvalue weighted by Gasteiger charge is 2.59. The minimum Gasteiger partial charge on any atom is -0.306 e. The number of rotatable bonds is 0. The van der Waals surface area contributed by atoms with Crippen LogP contribution in [0.3, 0.4) is 0 Å². The standard InChI is InChI=1S/C68H59N3/c1-62(2,3)36-31-45-51-46(32-36)65(8,9)67(12,13)59-54(51)58(66(10,11)64(45,6)7)55-52-47(30-35(33-69)57-49(52)39-24-16-18-26-41(39)63(57,4)5)71-48-34-70-61-50(53(48)56(59)60(55)71)40-25-17-21-29-44(40)68(61)42-27-19-14-22-37(42)38-23-15-20-28-43(38)68/h14-32,34H,1-13H3. The zero-order chi connectivity index (χ0) is 49.2. The van der Waals surface area contributed by atoms with E-state index >= 15 is 0 Å². The number of nitrogens with zero attached hydrogens (tertiary/aromatic N) is 3. The third-order valence-corrected chi connectivity index (χ3v) is 20.5. The van der Waals surface area contributed by atoms with E-state index in [9.17, 15) is 5.26 Å². The molecule has 15 rings (SSSR count). The van der Waals surface area contributed by atoms with Gasteiger partial charge in [0.25, 0.3) is 0 Å². The van der Waals surface area contributed by atoms with Gasteiger partial charge in [-0.15, -0.1) is 0 Å². The Morgan fingerprint density at radius 3 is 1.45 bits per heavy atom. The van der Waals surface area contributed by atoms with Gasteiger partial charge in [-0.3, -0.25) is 4.98 Å². The maximum atomic E-state index is 11.4. The maximum Gasteiger partial charge on any atom is 0.0995 e. The van der Waals surface area contributed by atoms with E-state index in [1.165, 1.54) is 122 Å². The second kappa shape index (κ2) is 12.2. The second-order valence-electron chi connectivity index (χ2n) is 25.7. The number of hydrogen-bond donors (Lipinski definition) is 0. The van der Waals surface area contributed by atoms with Crippen LogP contribution in [0.25, 0.3) is 82.6 Å². The summed E-state index contributed by atoms with van der Waals surface area (Å²) in [6.45, 7) is 32.1. The SMILES string of the molecule is CC(C)(C)c1cc2c3c(c1)C(C)(C)C(C)(C)c1c-3c(c3c4c5c(ncc4n4c6cc(C#N)c7c(c6c1c34)-c1ccccc1C7(C)C)C1(c3ccccc3-c3ccccc31)c1ccccc1-5)C(C)(C)C2(C)C. The van der Waals surface area contributed by atoms with Gasteiger partial charge in [0.05, 0.1) is 45.5 Å². The van der Waals surface area contributed by atoms with Gasteiger partial charge < -0.3 is 4.40 Å². The van der Waals surface area contributed by atoms with Crippen LogP contribution in [0, 0.1) is 11.3 Å². The minimum atomic E-state index is -0.591. The highest BCUT2D eigenvalue weighted by Crippen LogP contribution is 2.70. The van der Waals surface area contributed by atoms with Gasteiger partial charge in [-0.05, 0) is 117 Å². The fourth-order valence-corrected chi connectivity index (χ4v) is 15.8. The summed E-state index contributed by atoms with van der Waals surface area (Å²) < 4.78 is 2.60. The summed E-state index contributed by atoms with van der Waals surface area (Å²) in [7, 11) is 0. The fraction of sp³-hybridized carbons (Fsp3) is 0.294. The van der Waals surface area contributed by atoms with Gasteiger partial charge in [-0.25, -0.2) is 0 Å². The second-order valence-corrected chi connectivity index (χ2v) is 25.7. The van der Waals surface area contributed by atoms with Crippen molar-refractivity contribution in [1.82, 2.24) is 9.38 Å². The van der Waals surface area contributed by atoms with E-state index in [2.05, 4.69) is 222 Å². The van der Waals surface area contributed by atoms with Crippen molar-refractivity contribution in [2.24, 2.45) is 0 Å². The molecule has 346 valence electrons. The van der Waals surface area contributed by atoms with Gasteiger partial charge in [0.2, 0.25) is 0 Å². The number of hydrogen-bond acceptors (Lipinski definition) is 2. The first kappa shape index (κ1) is 41.7. The molecule has 3 nitrogen and oxygen atoms in total. The zero-order valence-corrected chi connectivity index (χ0v) is 43.4. The first-order valence-corrected chi connectivity index (χ1v) is 26.0. The van der Waals surface area contributed by atoms with Crippen LogP contribution in [-0.4, -0.2) is 9.38 Å². The molecule has 0 fully saturated rings. The first-order chi connectivity index (χ1) is 33.7. The summed E-state index contributed by atoms with van der Waals surface area (Å²) in [5, 5.41) is 16.7. The molecule has 0 bridgehead atoms. The average molecular weight is 918 g/mol. The van der Waals surface area contributed by atoms with Crippen LogP contribution in [0.2, 0.25) is 0 Å². The molecule has 3 heteroatoms. The summed E-state index contributed by atoms with van der Waals surface area (Å²) >= 11 is 0. The van der Waals surface area contributed by atoms with E-state index in [4.69, 9.17) is 4.98 Å². The van der Waals surface area contributed by atoms with Gasteiger partial charge in [-0.1, -0.05) is 199 Å². The molecule has 0 atom stereocenters. The summed E-state index contributed by atoms with van der Waals surface area (Å²) in [5.41, 5.74) is 27.1. The van der Waals surface area contributed by atoms with Gasteiger partial charge in [0.15, 0.2) is 0 Å². The summed E-state index contributed by atoms with van der Waals surface area (Å²) in [6.07, 6.45) is 2.23. The van der Waals surface area contributed by atoms with E-state index in [1.54, 1.807) is 0 Å².